The van der Waals surface area contributed by atoms with Gasteiger partial charge < -0.3 is 19.0 Å². The maximum Gasteiger partial charge on any atom is 0.302 e. The van der Waals surface area contributed by atoms with Gasteiger partial charge in [0.25, 0.3) is 0 Å². The van der Waals surface area contributed by atoms with Gasteiger partial charge in [0.1, 0.15) is 12.4 Å². The van der Waals surface area contributed by atoms with Crippen LogP contribution in [0.5, 0.6) is 0 Å². The minimum atomic E-state index is -0.306. The summed E-state index contributed by atoms with van der Waals surface area (Å²) in [4.78, 5) is 23.5. The summed E-state index contributed by atoms with van der Waals surface area (Å²) in [5.41, 5.74) is 0. The molecule has 1 aromatic heterocycles. The summed E-state index contributed by atoms with van der Waals surface area (Å²) in [5.74, 6) is 0.174. The molecular formula is C20H32N4O5. The van der Waals surface area contributed by atoms with Crippen molar-refractivity contribution in [3.8, 4) is 0 Å². The lowest BCUT2D eigenvalue weighted by atomic mass is 9.89. The van der Waals surface area contributed by atoms with Crippen LogP contribution in [0.3, 0.4) is 0 Å². The molecule has 2 fully saturated rings. The Balaban J connectivity index is 1.47. The summed E-state index contributed by atoms with van der Waals surface area (Å²) < 4.78 is 17.4. The van der Waals surface area contributed by atoms with Gasteiger partial charge in [0, 0.05) is 38.2 Å². The van der Waals surface area contributed by atoms with Crippen LogP contribution < -0.4 is 0 Å². The van der Waals surface area contributed by atoms with E-state index < -0.39 is 0 Å². The largest absolute Gasteiger partial charge is 0.462 e. The fraction of sp³-hybridized carbons (Fsp3) is 0.850. The Morgan fingerprint density at radius 2 is 2.10 bits per heavy atom. The molecule has 0 aromatic carbocycles. The van der Waals surface area contributed by atoms with Gasteiger partial charge in [-0.2, -0.15) is 5.21 Å². The topological polar surface area (TPSA) is 116 Å². The number of aldehydes is 1. The van der Waals surface area contributed by atoms with Crippen LogP contribution in [0.25, 0.3) is 0 Å². The van der Waals surface area contributed by atoms with Crippen LogP contribution in [0.15, 0.2) is 0 Å². The molecule has 0 bridgehead atoms. The number of carbonyl (C=O) groups is 2. The van der Waals surface area contributed by atoms with E-state index in [4.69, 9.17) is 14.2 Å². The number of nitrogens with zero attached hydrogens (tertiary/aromatic N) is 3. The maximum atomic E-state index is 11.9. The molecule has 5 atom stereocenters. The van der Waals surface area contributed by atoms with Crippen molar-refractivity contribution < 1.29 is 23.8 Å². The summed E-state index contributed by atoms with van der Waals surface area (Å²) in [5, 5.41) is 13.9. The molecule has 1 saturated carbocycles. The monoisotopic (exact) mass is 408 g/mol. The number of aromatic nitrogens is 4. The number of rotatable bonds is 11. The van der Waals surface area contributed by atoms with E-state index in [0.717, 1.165) is 69.9 Å². The van der Waals surface area contributed by atoms with Crippen molar-refractivity contribution in [2.24, 2.45) is 11.8 Å². The predicted molar refractivity (Wildman–Crippen MR) is 103 cm³/mol. The molecule has 1 aliphatic heterocycles. The Bertz CT molecular complexity index is 620. The number of ether oxygens (including phenoxy) is 3. The van der Waals surface area contributed by atoms with Crippen LogP contribution in [0.4, 0.5) is 0 Å². The smallest absolute Gasteiger partial charge is 0.302 e. The first-order valence-electron chi connectivity index (χ1n) is 10.8. The van der Waals surface area contributed by atoms with Gasteiger partial charge in [-0.25, -0.2) is 0 Å². The molecule has 3 rings (SSSR count). The van der Waals surface area contributed by atoms with E-state index in [9.17, 15) is 9.59 Å². The van der Waals surface area contributed by atoms with Crippen LogP contribution in [0.1, 0.15) is 70.5 Å². The highest BCUT2D eigenvalue weighted by Crippen LogP contribution is 2.39. The lowest BCUT2D eigenvalue weighted by molar-refractivity contribution is -0.195. The zero-order chi connectivity index (χ0) is 20.5. The predicted octanol–water partition coefficient (Wildman–Crippen LogP) is 2.37. The summed E-state index contributed by atoms with van der Waals surface area (Å²) in [6, 6.07) is 0. The normalized spacial score (nSPS) is 29.6. The highest BCUT2D eigenvalue weighted by molar-refractivity contribution is 5.66. The van der Waals surface area contributed by atoms with Gasteiger partial charge in [-0.3, -0.25) is 4.79 Å². The Hall–Kier alpha value is -1.87. The Kier molecular flexibility index (Phi) is 8.54. The van der Waals surface area contributed by atoms with Crippen LogP contribution in [-0.4, -0.2) is 58.0 Å². The first-order chi connectivity index (χ1) is 14.2. The molecule has 2 heterocycles. The molecule has 29 heavy (non-hydrogen) atoms. The summed E-state index contributed by atoms with van der Waals surface area (Å²) in [6.07, 6.45) is 9.48. The molecule has 9 nitrogen and oxygen atoms in total. The molecule has 1 aliphatic carbocycles. The summed E-state index contributed by atoms with van der Waals surface area (Å²) in [7, 11) is 0. The van der Waals surface area contributed by atoms with Gasteiger partial charge >= 0.3 is 5.97 Å². The molecular weight excluding hydrogens is 376 g/mol. The maximum absolute atomic E-state index is 11.9. The van der Waals surface area contributed by atoms with Crippen LogP contribution in [0, 0.1) is 11.8 Å². The van der Waals surface area contributed by atoms with Crippen molar-refractivity contribution in [2.75, 3.05) is 6.61 Å². The average Bonchev–Trinajstić information content (AvgIpc) is 3.33. The number of hydrogen-bond donors (Lipinski definition) is 1. The zero-order valence-corrected chi connectivity index (χ0v) is 17.1. The van der Waals surface area contributed by atoms with Gasteiger partial charge in [0.15, 0.2) is 12.1 Å². The number of tetrazole rings is 1. The van der Waals surface area contributed by atoms with Crippen molar-refractivity contribution >= 4 is 12.3 Å². The summed E-state index contributed by atoms with van der Waals surface area (Å²) >= 11 is 0. The number of aryl methyl sites for hydroxylation is 1. The molecule has 0 radical (unpaired) electrons. The number of H-pyrrole nitrogens is 1. The first-order valence-corrected chi connectivity index (χ1v) is 10.8. The molecule has 0 spiro atoms. The Morgan fingerprint density at radius 3 is 2.79 bits per heavy atom. The zero-order valence-electron chi connectivity index (χ0n) is 17.1. The fourth-order valence-electron chi connectivity index (χ4n) is 4.46. The molecule has 162 valence electrons. The lowest BCUT2D eigenvalue weighted by Gasteiger charge is -2.28. The van der Waals surface area contributed by atoms with Gasteiger partial charge in [0.05, 0.1) is 6.10 Å². The average molecular weight is 408 g/mol. The molecule has 1 N–H and O–H groups in total. The third-order valence-corrected chi connectivity index (χ3v) is 5.88. The van der Waals surface area contributed by atoms with Crippen molar-refractivity contribution in [2.45, 2.75) is 89.6 Å². The second-order valence-electron chi connectivity index (χ2n) is 8.01. The van der Waals surface area contributed by atoms with Crippen LogP contribution in [0.2, 0.25) is 0 Å². The van der Waals surface area contributed by atoms with Gasteiger partial charge in [-0.15, -0.1) is 10.2 Å². The molecule has 9 heteroatoms. The van der Waals surface area contributed by atoms with Crippen molar-refractivity contribution in [3.05, 3.63) is 5.82 Å². The number of nitrogens with one attached hydrogen (secondary N) is 1. The van der Waals surface area contributed by atoms with E-state index in [2.05, 4.69) is 20.6 Å². The minimum absolute atomic E-state index is 0.00203. The van der Waals surface area contributed by atoms with E-state index in [-0.39, 0.29) is 36.3 Å². The van der Waals surface area contributed by atoms with E-state index in [1.807, 2.05) is 0 Å². The molecule has 1 saturated heterocycles. The second-order valence-corrected chi connectivity index (χ2v) is 8.01. The van der Waals surface area contributed by atoms with Crippen molar-refractivity contribution in [1.82, 2.24) is 20.6 Å². The number of carbonyl (C=O) groups excluding carboxylic acids is 2. The highest BCUT2D eigenvalue weighted by Gasteiger charge is 2.46. The standard InChI is InChI=1S/C20H32N4O5/c1-14(26)28-17-12-18(29-20-10-6-7-11-27-20)16(13-25)15(17)8-4-2-3-5-9-19-21-23-24-22-19/h13,15-18,20H,2-12H2,1H3,(H,21,22,23,24). The third kappa shape index (κ3) is 6.57. The van der Waals surface area contributed by atoms with E-state index in [1.165, 1.54) is 6.92 Å². The number of hydrogen-bond acceptors (Lipinski definition) is 8. The van der Waals surface area contributed by atoms with Crippen molar-refractivity contribution in [3.63, 3.8) is 0 Å². The fourth-order valence-corrected chi connectivity index (χ4v) is 4.46. The SMILES string of the molecule is CC(=O)OC1CC(OC2CCCCO2)C(C=O)C1CCCCCCc1nn[nH]n1. The third-order valence-electron chi connectivity index (χ3n) is 5.88. The molecule has 5 unspecified atom stereocenters. The molecule has 2 aliphatic rings. The van der Waals surface area contributed by atoms with Crippen molar-refractivity contribution in [1.29, 1.82) is 0 Å². The van der Waals surface area contributed by atoms with Gasteiger partial charge in [-0.05, 0) is 32.1 Å². The highest BCUT2D eigenvalue weighted by atomic mass is 16.7. The summed E-state index contributed by atoms with van der Waals surface area (Å²) in [6.45, 7) is 2.12. The van der Waals surface area contributed by atoms with Crippen LogP contribution >= 0.6 is 0 Å². The molecule has 0 amide bonds. The first kappa shape index (κ1) is 21.8. The second kappa shape index (κ2) is 11.3. The van der Waals surface area contributed by atoms with E-state index in [1.54, 1.807) is 0 Å². The molecule has 1 aromatic rings. The van der Waals surface area contributed by atoms with E-state index >= 15 is 0 Å². The number of unbranched alkanes of at least 4 members (excludes halogenated alkanes) is 3. The Labute approximate surface area is 171 Å². The lowest BCUT2D eigenvalue weighted by Crippen LogP contribution is -2.32. The van der Waals surface area contributed by atoms with E-state index in [0.29, 0.717) is 13.0 Å². The Morgan fingerprint density at radius 1 is 1.24 bits per heavy atom. The minimum Gasteiger partial charge on any atom is -0.462 e. The van der Waals surface area contributed by atoms with Gasteiger partial charge in [0.2, 0.25) is 0 Å². The quantitative estimate of drug-likeness (QED) is 0.337. The van der Waals surface area contributed by atoms with Crippen LogP contribution in [-0.2, 0) is 30.2 Å². The number of esters is 1. The number of aromatic amines is 1. The van der Waals surface area contributed by atoms with Gasteiger partial charge in [-0.1, -0.05) is 24.5 Å².